The lowest BCUT2D eigenvalue weighted by atomic mass is 10.2. The molecular formula is C15H20N4OS. The Morgan fingerprint density at radius 1 is 1.24 bits per heavy atom. The number of anilines is 1. The van der Waals surface area contributed by atoms with E-state index in [2.05, 4.69) is 47.4 Å². The van der Waals surface area contributed by atoms with Crippen LogP contribution in [0.4, 0.5) is 5.82 Å². The largest absolute Gasteiger partial charge is 0.374 e. The van der Waals surface area contributed by atoms with Crippen LogP contribution in [0.5, 0.6) is 0 Å². The van der Waals surface area contributed by atoms with Crippen LogP contribution in [0.15, 0.2) is 34.2 Å². The first-order valence-electron chi connectivity index (χ1n) is 6.79. The van der Waals surface area contributed by atoms with Gasteiger partial charge in [-0.25, -0.2) is 15.8 Å². The molecule has 1 heterocycles. The highest BCUT2D eigenvalue weighted by atomic mass is 32.2. The molecule has 1 aromatic heterocycles. The van der Waals surface area contributed by atoms with Gasteiger partial charge in [0, 0.05) is 17.6 Å². The highest BCUT2D eigenvalue weighted by Crippen LogP contribution is 2.30. The molecule has 0 unspecified atom stereocenters. The molecule has 112 valence electrons. The molecule has 0 aliphatic heterocycles. The van der Waals surface area contributed by atoms with Crippen LogP contribution in [0.2, 0.25) is 0 Å². The van der Waals surface area contributed by atoms with Crippen LogP contribution in [0, 0.1) is 13.8 Å². The molecule has 3 N–H and O–H groups in total. The SMILES string of the molecule is CCOCc1nc(NN)cc(Sc2ccc(C)cc2C)n1. The van der Waals surface area contributed by atoms with Crippen molar-refractivity contribution in [3.63, 3.8) is 0 Å². The molecule has 5 nitrogen and oxygen atoms in total. The first-order valence-corrected chi connectivity index (χ1v) is 7.61. The fourth-order valence-electron chi connectivity index (χ4n) is 1.88. The lowest BCUT2D eigenvalue weighted by Crippen LogP contribution is -2.11. The Morgan fingerprint density at radius 2 is 2.05 bits per heavy atom. The summed E-state index contributed by atoms with van der Waals surface area (Å²) in [4.78, 5) is 9.96. The Labute approximate surface area is 129 Å². The molecule has 0 saturated carbocycles. The molecule has 6 heteroatoms. The predicted octanol–water partition coefficient (Wildman–Crippen LogP) is 3.07. The summed E-state index contributed by atoms with van der Waals surface area (Å²) in [6, 6.07) is 8.20. The van der Waals surface area contributed by atoms with Crippen LogP contribution in [-0.2, 0) is 11.3 Å². The molecule has 0 bridgehead atoms. The van der Waals surface area contributed by atoms with E-state index in [1.54, 1.807) is 11.8 Å². The average Bonchev–Trinajstić information content (AvgIpc) is 2.48. The van der Waals surface area contributed by atoms with E-state index >= 15 is 0 Å². The van der Waals surface area contributed by atoms with Gasteiger partial charge in [0.25, 0.3) is 0 Å². The number of nitrogens with zero attached hydrogens (tertiary/aromatic N) is 2. The number of hydrogen-bond donors (Lipinski definition) is 2. The van der Waals surface area contributed by atoms with Gasteiger partial charge in [-0.3, -0.25) is 0 Å². The highest BCUT2D eigenvalue weighted by Gasteiger charge is 2.08. The summed E-state index contributed by atoms with van der Waals surface area (Å²) in [5, 5.41) is 0.847. The summed E-state index contributed by atoms with van der Waals surface area (Å²) < 4.78 is 5.36. The molecule has 0 saturated heterocycles. The Morgan fingerprint density at radius 3 is 2.71 bits per heavy atom. The number of benzene rings is 1. The van der Waals surface area contributed by atoms with E-state index in [1.165, 1.54) is 16.0 Å². The smallest absolute Gasteiger partial charge is 0.157 e. The first-order chi connectivity index (χ1) is 10.1. The Kier molecular flexibility index (Phi) is 5.55. The minimum atomic E-state index is 0.381. The summed E-state index contributed by atoms with van der Waals surface area (Å²) in [6.07, 6.45) is 0. The lowest BCUT2D eigenvalue weighted by molar-refractivity contribution is 0.128. The number of nitrogens with two attached hydrogens (primary N) is 1. The number of aryl methyl sites for hydroxylation is 2. The number of nitrogen functional groups attached to an aromatic ring is 1. The highest BCUT2D eigenvalue weighted by molar-refractivity contribution is 7.99. The van der Waals surface area contributed by atoms with Crippen LogP contribution in [-0.4, -0.2) is 16.6 Å². The van der Waals surface area contributed by atoms with Crippen molar-refractivity contribution in [2.75, 3.05) is 12.0 Å². The van der Waals surface area contributed by atoms with Gasteiger partial charge < -0.3 is 10.2 Å². The van der Waals surface area contributed by atoms with Gasteiger partial charge in [-0.15, -0.1) is 0 Å². The van der Waals surface area contributed by atoms with Crippen molar-refractivity contribution in [3.05, 3.63) is 41.2 Å². The number of hydrazine groups is 1. The fourth-order valence-corrected chi connectivity index (χ4v) is 2.79. The predicted molar refractivity (Wildman–Crippen MR) is 85.2 cm³/mol. The monoisotopic (exact) mass is 304 g/mol. The maximum absolute atomic E-state index is 5.47. The van der Waals surface area contributed by atoms with E-state index in [4.69, 9.17) is 10.6 Å². The third-order valence-corrected chi connectivity index (χ3v) is 3.97. The van der Waals surface area contributed by atoms with Gasteiger partial charge in [0.1, 0.15) is 17.5 Å². The number of nitrogens with one attached hydrogen (secondary N) is 1. The van der Waals surface area contributed by atoms with Gasteiger partial charge in [-0.2, -0.15) is 0 Å². The molecule has 0 aliphatic rings. The van der Waals surface area contributed by atoms with Crippen LogP contribution < -0.4 is 11.3 Å². The standard InChI is InChI=1S/C15H20N4OS/c1-4-20-9-14-17-13(19-16)8-15(18-14)21-12-6-5-10(2)7-11(12)3/h5-8H,4,9,16H2,1-3H3,(H,17,18,19). The van der Waals surface area contributed by atoms with Crippen molar-refractivity contribution >= 4 is 17.6 Å². The molecular weight excluding hydrogens is 284 g/mol. The van der Waals surface area contributed by atoms with Gasteiger partial charge in [-0.05, 0) is 32.4 Å². The average molecular weight is 304 g/mol. The normalized spacial score (nSPS) is 10.7. The van der Waals surface area contributed by atoms with Crippen molar-refractivity contribution in [2.45, 2.75) is 37.3 Å². The second kappa shape index (κ2) is 7.40. The number of ether oxygens (including phenoxy) is 1. The molecule has 0 radical (unpaired) electrons. The molecule has 0 aliphatic carbocycles. The molecule has 0 atom stereocenters. The maximum Gasteiger partial charge on any atom is 0.157 e. The lowest BCUT2D eigenvalue weighted by Gasteiger charge is -2.09. The molecule has 0 fully saturated rings. The Hall–Kier alpha value is -1.63. The van der Waals surface area contributed by atoms with Crippen LogP contribution in [0.3, 0.4) is 0 Å². The summed E-state index contributed by atoms with van der Waals surface area (Å²) in [6.45, 7) is 7.13. The van der Waals surface area contributed by atoms with E-state index in [9.17, 15) is 0 Å². The van der Waals surface area contributed by atoms with E-state index in [1.807, 2.05) is 13.0 Å². The Bertz CT molecular complexity index is 619. The zero-order valence-electron chi connectivity index (χ0n) is 12.5. The molecule has 0 amide bonds. The third kappa shape index (κ3) is 4.42. The number of rotatable bonds is 6. The van der Waals surface area contributed by atoms with Crippen LogP contribution in [0.1, 0.15) is 23.9 Å². The van der Waals surface area contributed by atoms with Crippen LogP contribution >= 0.6 is 11.8 Å². The van der Waals surface area contributed by atoms with E-state index in [0.29, 0.717) is 24.9 Å². The molecule has 21 heavy (non-hydrogen) atoms. The second-order valence-electron chi connectivity index (χ2n) is 4.66. The van der Waals surface area contributed by atoms with Crippen molar-refractivity contribution < 1.29 is 4.74 Å². The molecule has 0 spiro atoms. The van der Waals surface area contributed by atoms with Crippen molar-refractivity contribution in [1.82, 2.24) is 9.97 Å². The maximum atomic E-state index is 5.47. The summed E-state index contributed by atoms with van der Waals surface area (Å²) in [5.74, 6) is 6.68. The van der Waals surface area contributed by atoms with E-state index in [0.717, 1.165) is 5.03 Å². The molecule has 2 aromatic rings. The van der Waals surface area contributed by atoms with Gasteiger partial charge in [-0.1, -0.05) is 29.5 Å². The number of aromatic nitrogens is 2. The zero-order chi connectivity index (χ0) is 15.2. The van der Waals surface area contributed by atoms with Gasteiger partial charge in [0.2, 0.25) is 0 Å². The fraction of sp³-hybridized carbons (Fsp3) is 0.333. The molecule has 1 aromatic carbocycles. The topological polar surface area (TPSA) is 73.1 Å². The quantitative estimate of drug-likeness (QED) is 0.485. The van der Waals surface area contributed by atoms with Gasteiger partial charge in [0.05, 0.1) is 0 Å². The van der Waals surface area contributed by atoms with E-state index in [-0.39, 0.29) is 0 Å². The zero-order valence-corrected chi connectivity index (χ0v) is 13.3. The van der Waals surface area contributed by atoms with Gasteiger partial charge >= 0.3 is 0 Å². The van der Waals surface area contributed by atoms with Crippen molar-refractivity contribution in [3.8, 4) is 0 Å². The van der Waals surface area contributed by atoms with E-state index < -0.39 is 0 Å². The number of hydrogen-bond acceptors (Lipinski definition) is 6. The van der Waals surface area contributed by atoms with Crippen molar-refractivity contribution in [1.29, 1.82) is 0 Å². The summed E-state index contributed by atoms with van der Waals surface area (Å²) >= 11 is 1.60. The Balaban J connectivity index is 2.25. The van der Waals surface area contributed by atoms with Crippen molar-refractivity contribution in [2.24, 2.45) is 5.84 Å². The minimum absolute atomic E-state index is 0.381. The first kappa shape index (κ1) is 15.8. The summed E-state index contributed by atoms with van der Waals surface area (Å²) in [7, 11) is 0. The van der Waals surface area contributed by atoms with Crippen LogP contribution in [0.25, 0.3) is 0 Å². The second-order valence-corrected chi connectivity index (χ2v) is 5.72. The van der Waals surface area contributed by atoms with Gasteiger partial charge in [0.15, 0.2) is 5.82 Å². The third-order valence-electron chi connectivity index (χ3n) is 2.88. The minimum Gasteiger partial charge on any atom is -0.374 e. The molecule has 2 rings (SSSR count). The summed E-state index contributed by atoms with van der Waals surface area (Å²) in [5.41, 5.74) is 5.05.